The largest absolute Gasteiger partial charge is 0.354 e. The molecule has 124 valence electrons. The maximum absolute atomic E-state index is 6.15. The minimum Gasteiger partial charge on any atom is -0.354 e. The van der Waals surface area contributed by atoms with Crippen molar-refractivity contribution in [2.75, 3.05) is 10.7 Å². The zero-order chi connectivity index (χ0) is 17.2. The normalized spacial score (nSPS) is 12.8. The van der Waals surface area contributed by atoms with Crippen LogP contribution in [0.15, 0.2) is 81.6 Å². The molecule has 1 aliphatic rings. The van der Waals surface area contributed by atoms with E-state index in [0.717, 1.165) is 28.3 Å². The van der Waals surface area contributed by atoms with E-state index < -0.39 is 0 Å². The Morgan fingerprint density at radius 2 is 1.72 bits per heavy atom. The Kier molecular flexibility index (Phi) is 4.38. The first-order valence-corrected chi connectivity index (χ1v) is 9.13. The molecule has 5 heteroatoms. The van der Waals surface area contributed by atoms with E-state index >= 15 is 0 Å². The molecule has 1 heterocycles. The van der Waals surface area contributed by atoms with Crippen LogP contribution in [0, 0.1) is 0 Å². The van der Waals surface area contributed by atoms with Crippen LogP contribution in [0.2, 0.25) is 5.02 Å². The van der Waals surface area contributed by atoms with Gasteiger partial charge in [-0.05, 0) is 48.9 Å². The van der Waals surface area contributed by atoms with E-state index in [-0.39, 0.29) is 0 Å². The molecule has 4 rings (SSSR count). The summed E-state index contributed by atoms with van der Waals surface area (Å²) in [5.74, 6) is 0. The predicted octanol–water partition coefficient (Wildman–Crippen LogP) is 6.38. The highest BCUT2D eigenvalue weighted by Crippen LogP contribution is 2.44. The highest BCUT2D eigenvalue weighted by atomic mass is 35.5. The van der Waals surface area contributed by atoms with E-state index in [1.54, 1.807) is 11.8 Å². The molecule has 2 N–H and O–H groups in total. The Balaban J connectivity index is 1.58. The quantitative estimate of drug-likeness (QED) is 0.326. The molecule has 0 aliphatic carbocycles. The second kappa shape index (κ2) is 6.82. The summed E-state index contributed by atoms with van der Waals surface area (Å²) >= 11 is 7.93. The lowest BCUT2D eigenvalue weighted by Crippen LogP contribution is -2.04. The summed E-state index contributed by atoms with van der Waals surface area (Å²) in [4.78, 5) is 2.46. The zero-order valence-electron chi connectivity index (χ0n) is 13.6. The van der Waals surface area contributed by atoms with Crippen molar-refractivity contribution in [2.24, 2.45) is 5.10 Å². The van der Waals surface area contributed by atoms with Gasteiger partial charge in [0.25, 0.3) is 0 Å². The second-order valence-electron chi connectivity index (χ2n) is 5.72. The van der Waals surface area contributed by atoms with E-state index in [4.69, 9.17) is 11.6 Å². The first-order valence-electron chi connectivity index (χ1n) is 7.94. The number of anilines is 3. The van der Waals surface area contributed by atoms with Crippen LogP contribution in [-0.2, 0) is 0 Å². The van der Waals surface area contributed by atoms with Gasteiger partial charge in [0.2, 0.25) is 0 Å². The summed E-state index contributed by atoms with van der Waals surface area (Å²) in [6.07, 6.45) is 0. The molecule has 3 aromatic carbocycles. The third kappa shape index (κ3) is 3.36. The van der Waals surface area contributed by atoms with Crippen LogP contribution in [0.1, 0.15) is 12.5 Å². The summed E-state index contributed by atoms with van der Waals surface area (Å²) < 4.78 is 0. The first kappa shape index (κ1) is 16.1. The van der Waals surface area contributed by atoms with Gasteiger partial charge in [-0.15, -0.1) is 0 Å². The maximum Gasteiger partial charge on any atom is 0.0748 e. The van der Waals surface area contributed by atoms with Crippen LogP contribution in [0.3, 0.4) is 0 Å². The number of para-hydroxylation sites is 2. The van der Waals surface area contributed by atoms with Crippen molar-refractivity contribution >= 4 is 46.1 Å². The van der Waals surface area contributed by atoms with Gasteiger partial charge in [0.15, 0.2) is 0 Å². The third-order valence-corrected chi connectivity index (χ3v) is 5.47. The van der Waals surface area contributed by atoms with E-state index in [9.17, 15) is 0 Å². The average Bonchev–Trinajstić information content (AvgIpc) is 2.65. The number of hydrazone groups is 1. The van der Waals surface area contributed by atoms with Crippen molar-refractivity contribution in [1.82, 2.24) is 0 Å². The van der Waals surface area contributed by atoms with E-state index in [0.29, 0.717) is 5.02 Å². The number of benzene rings is 3. The molecule has 0 bridgehead atoms. The van der Waals surface area contributed by atoms with Crippen molar-refractivity contribution < 1.29 is 0 Å². The van der Waals surface area contributed by atoms with Gasteiger partial charge in [0.05, 0.1) is 27.8 Å². The molecule has 0 unspecified atom stereocenters. The molecule has 0 radical (unpaired) electrons. The second-order valence-corrected chi connectivity index (χ2v) is 7.21. The molecule has 0 saturated carbocycles. The van der Waals surface area contributed by atoms with Gasteiger partial charge >= 0.3 is 0 Å². The molecule has 0 atom stereocenters. The van der Waals surface area contributed by atoms with Gasteiger partial charge < -0.3 is 5.32 Å². The number of nitrogens with zero attached hydrogens (tertiary/aromatic N) is 1. The SMILES string of the molecule is C/C(=N/Nc1ccccc1Cl)c1ccc2c(c1)Nc1ccccc1S2. The maximum atomic E-state index is 6.15. The summed E-state index contributed by atoms with van der Waals surface area (Å²) in [7, 11) is 0. The molecule has 0 fully saturated rings. The van der Waals surface area contributed by atoms with Gasteiger partial charge in [-0.2, -0.15) is 5.10 Å². The molecule has 25 heavy (non-hydrogen) atoms. The van der Waals surface area contributed by atoms with Crippen molar-refractivity contribution in [3.63, 3.8) is 0 Å². The lowest BCUT2D eigenvalue weighted by molar-refractivity contribution is 1.29. The monoisotopic (exact) mass is 365 g/mol. The predicted molar refractivity (Wildman–Crippen MR) is 108 cm³/mol. The molecule has 0 amide bonds. The highest BCUT2D eigenvalue weighted by Gasteiger charge is 2.15. The van der Waals surface area contributed by atoms with Crippen LogP contribution >= 0.6 is 23.4 Å². The van der Waals surface area contributed by atoms with Crippen molar-refractivity contribution in [3.05, 3.63) is 77.3 Å². The van der Waals surface area contributed by atoms with Gasteiger partial charge in [-0.3, -0.25) is 5.43 Å². The molecule has 0 aromatic heterocycles. The standard InChI is InChI=1S/C20H16ClN3S/c1-13(23-24-16-7-3-2-6-15(16)21)14-10-11-20-18(12-14)22-17-8-4-5-9-19(17)25-20/h2-12,22,24H,1H3/b23-13-. The summed E-state index contributed by atoms with van der Waals surface area (Å²) in [5, 5.41) is 8.62. The molecular formula is C20H16ClN3S. The van der Waals surface area contributed by atoms with E-state index in [1.807, 2.05) is 37.3 Å². The summed E-state index contributed by atoms with van der Waals surface area (Å²) in [5.41, 5.74) is 8.04. The van der Waals surface area contributed by atoms with Gasteiger partial charge in [0, 0.05) is 9.79 Å². The topological polar surface area (TPSA) is 36.4 Å². The highest BCUT2D eigenvalue weighted by molar-refractivity contribution is 7.99. The van der Waals surface area contributed by atoms with Crippen LogP contribution in [0.4, 0.5) is 17.1 Å². The molecule has 3 aromatic rings. The Hall–Kier alpha value is -2.43. The summed E-state index contributed by atoms with van der Waals surface area (Å²) in [6.45, 7) is 1.98. The number of hydrogen-bond donors (Lipinski definition) is 2. The van der Waals surface area contributed by atoms with Gasteiger partial charge in [0.1, 0.15) is 0 Å². The molecule has 0 spiro atoms. The zero-order valence-corrected chi connectivity index (χ0v) is 15.2. The number of nitrogens with one attached hydrogen (secondary N) is 2. The van der Waals surface area contributed by atoms with Crippen LogP contribution < -0.4 is 10.7 Å². The number of fused-ring (bicyclic) bond motifs is 2. The van der Waals surface area contributed by atoms with Crippen LogP contribution in [0.25, 0.3) is 0 Å². The van der Waals surface area contributed by atoms with Gasteiger partial charge in [-0.1, -0.05) is 53.7 Å². The molecule has 0 saturated heterocycles. The van der Waals surface area contributed by atoms with Crippen molar-refractivity contribution in [1.29, 1.82) is 0 Å². The first-order chi connectivity index (χ1) is 12.2. The Bertz CT molecular complexity index is 969. The smallest absolute Gasteiger partial charge is 0.0748 e. The molecular weight excluding hydrogens is 350 g/mol. The number of hydrogen-bond acceptors (Lipinski definition) is 4. The van der Waals surface area contributed by atoms with Crippen molar-refractivity contribution in [2.45, 2.75) is 16.7 Å². The van der Waals surface area contributed by atoms with Gasteiger partial charge in [-0.25, -0.2) is 0 Å². The molecule has 1 aliphatic heterocycles. The number of rotatable bonds is 3. The Morgan fingerprint density at radius 1 is 0.960 bits per heavy atom. The Morgan fingerprint density at radius 3 is 2.60 bits per heavy atom. The van der Waals surface area contributed by atoms with E-state index in [2.05, 4.69) is 52.2 Å². The third-order valence-electron chi connectivity index (χ3n) is 3.99. The lowest BCUT2D eigenvalue weighted by Gasteiger charge is -2.21. The fourth-order valence-corrected chi connectivity index (χ4v) is 3.77. The fourth-order valence-electron chi connectivity index (χ4n) is 2.62. The average molecular weight is 366 g/mol. The van der Waals surface area contributed by atoms with Crippen LogP contribution in [-0.4, -0.2) is 5.71 Å². The van der Waals surface area contributed by atoms with Crippen molar-refractivity contribution in [3.8, 4) is 0 Å². The molecule has 3 nitrogen and oxygen atoms in total. The Labute approximate surface area is 156 Å². The van der Waals surface area contributed by atoms with Crippen LogP contribution in [0.5, 0.6) is 0 Å². The minimum atomic E-state index is 0.652. The minimum absolute atomic E-state index is 0.652. The lowest BCUT2D eigenvalue weighted by atomic mass is 10.1. The fraction of sp³-hybridized carbons (Fsp3) is 0.0500. The van der Waals surface area contributed by atoms with E-state index in [1.165, 1.54) is 9.79 Å². The number of halogens is 1. The summed E-state index contributed by atoms with van der Waals surface area (Å²) in [6, 6.07) is 22.2.